The molecule has 5 heteroatoms. The van der Waals surface area contributed by atoms with E-state index in [1.54, 1.807) is 0 Å². The molecule has 1 N–H and O–H groups in total. The Labute approximate surface area is 149 Å². The number of hydrogen-bond acceptors (Lipinski definition) is 3. The number of ether oxygens (including phenoxy) is 1. The summed E-state index contributed by atoms with van der Waals surface area (Å²) in [7, 11) is 0. The molecule has 5 nitrogen and oxygen atoms in total. The van der Waals surface area contributed by atoms with Gasteiger partial charge in [0, 0.05) is 18.9 Å². The van der Waals surface area contributed by atoms with Crippen molar-refractivity contribution in [2.45, 2.75) is 57.7 Å². The van der Waals surface area contributed by atoms with E-state index in [2.05, 4.69) is 12.2 Å². The van der Waals surface area contributed by atoms with Gasteiger partial charge in [0.05, 0.1) is 18.7 Å². The third-order valence-corrected chi connectivity index (χ3v) is 5.10. The van der Waals surface area contributed by atoms with E-state index in [1.807, 2.05) is 42.2 Å². The Morgan fingerprint density at radius 3 is 2.60 bits per heavy atom. The molecule has 25 heavy (non-hydrogen) atoms. The predicted octanol–water partition coefficient (Wildman–Crippen LogP) is 2.67. The summed E-state index contributed by atoms with van der Waals surface area (Å²) in [5.41, 5.74) is 1.11. The van der Waals surface area contributed by atoms with E-state index in [4.69, 9.17) is 4.74 Å². The van der Waals surface area contributed by atoms with Crippen molar-refractivity contribution in [2.75, 3.05) is 13.2 Å². The highest BCUT2D eigenvalue weighted by Crippen LogP contribution is 2.31. The maximum absolute atomic E-state index is 12.7. The van der Waals surface area contributed by atoms with Crippen molar-refractivity contribution in [3.05, 3.63) is 35.9 Å². The highest BCUT2D eigenvalue weighted by atomic mass is 16.5. The van der Waals surface area contributed by atoms with Crippen molar-refractivity contribution < 1.29 is 14.3 Å². The highest BCUT2D eigenvalue weighted by molar-refractivity contribution is 5.81. The first-order chi connectivity index (χ1) is 12.1. The summed E-state index contributed by atoms with van der Waals surface area (Å²) in [5, 5.41) is 2.93. The van der Waals surface area contributed by atoms with Gasteiger partial charge in [0.15, 0.2) is 0 Å². The van der Waals surface area contributed by atoms with Gasteiger partial charge >= 0.3 is 0 Å². The molecule has 1 saturated heterocycles. The van der Waals surface area contributed by atoms with E-state index in [9.17, 15) is 9.59 Å². The second kappa shape index (κ2) is 8.00. The van der Waals surface area contributed by atoms with Gasteiger partial charge in [0.25, 0.3) is 0 Å². The van der Waals surface area contributed by atoms with Gasteiger partial charge in [0.2, 0.25) is 11.8 Å². The summed E-state index contributed by atoms with van der Waals surface area (Å²) in [4.78, 5) is 26.3. The summed E-state index contributed by atoms with van der Waals surface area (Å²) in [5.74, 6) is 0.510. The second-order valence-corrected chi connectivity index (χ2v) is 7.22. The maximum atomic E-state index is 12.7. The minimum Gasteiger partial charge on any atom is -0.369 e. The van der Waals surface area contributed by atoms with Gasteiger partial charge in [-0.2, -0.15) is 0 Å². The maximum Gasteiger partial charge on any atom is 0.223 e. The minimum atomic E-state index is -0.0871. The second-order valence-electron chi connectivity index (χ2n) is 7.22. The molecule has 136 valence electrons. The molecule has 2 amide bonds. The number of amides is 2. The fourth-order valence-corrected chi connectivity index (χ4v) is 3.57. The fraction of sp³-hybridized carbons (Fsp3) is 0.600. The SMILES string of the molecule is C[C@H]1CO[C@H](c2ccccc2)[C@H](C)N1C(=O)CCCNC(=O)C1CC1. The molecule has 3 rings (SSSR count). The summed E-state index contributed by atoms with van der Waals surface area (Å²) < 4.78 is 6.01. The number of hydrogen-bond donors (Lipinski definition) is 1. The first-order valence-corrected chi connectivity index (χ1v) is 9.33. The van der Waals surface area contributed by atoms with E-state index in [-0.39, 0.29) is 35.9 Å². The summed E-state index contributed by atoms with van der Waals surface area (Å²) >= 11 is 0. The molecule has 0 radical (unpaired) electrons. The van der Waals surface area contributed by atoms with Crippen LogP contribution in [0.25, 0.3) is 0 Å². The number of carbonyl (C=O) groups excluding carboxylic acids is 2. The first-order valence-electron chi connectivity index (χ1n) is 9.33. The van der Waals surface area contributed by atoms with Gasteiger partial charge in [-0.1, -0.05) is 30.3 Å². The van der Waals surface area contributed by atoms with Crippen LogP contribution in [0, 0.1) is 5.92 Å². The van der Waals surface area contributed by atoms with Crippen molar-refractivity contribution >= 4 is 11.8 Å². The molecule has 0 bridgehead atoms. The topological polar surface area (TPSA) is 58.6 Å². The van der Waals surface area contributed by atoms with E-state index in [0.717, 1.165) is 18.4 Å². The quantitative estimate of drug-likeness (QED) is 0.807. The normalized spacial score (nSPS) is 26.3. The van der Waals surface area contributed by atoms with Gasteiger partial charge < -0.3 is 15.0 Å². The molecule has 2 aliphatic rings. The molecule has 1 aliphatic carbocycles. The lowest BCUT2D eigenvalue weighted by Gasteiger charge is -2.44. The lowest BCUT2D eigenvalue weighted by molar-refractivity contribution is -0.153. The number of morpholine rings is 1. The summed E-state index contributed by atoms with van der Waals surface area (Å²) in [6, 6.07) is 10.2. The number of benzene rings is 1. The van der Waals surface area contributed by atoms with Gasteiger partial charge in [-0.05, 0) is 38.7 Å². The van der Waals surface area contributed by atoms with Crippen LogP contribution in [0.1, 0.15) is 51.2 Å². The lowest BCUT2D eigenvalue weighted by atomic mass is 9.98. The zero-order valence-corrected chi connectivity index (χ0v) is 15.1. The molecule has 0 aromatic heterocycles. The molecular formula is C20H28N2O3. The Morgan fingerprint density at radius 1 is 1.20 bits per heavy atom. The number of carbonyl (C=O) groups is 2. The molecule has 3 atom stereocenters. The van der Waals surface area contributed by atoms with Gasteiger partial charge in [0.1, 0.15) is 6.10 Å². The Bertz CT molecular complexity index is 600. The molecule has 0 spiro atoms. The van der Waals surface area contributed by atoms with E-state index < -0.39 is 0 Å². The van der Waals surface area contributed by atoms with Crippen LogP contribution >= 0.6 is 0 Å². The van der Waals surface area contributed by atoms with Crippen LogP contribution in [0.4, 0.5) is 0 Å². The molecule has 0 unspecified atom stereocenters. The average Bonchev–Trinajstić information content (AvgIpc) is 3.44. The van der Waals surface area contributed by atoms with Crippen LogP contribution in [0.3, 0.4) is 0 Å². The van der Waals surface area contributed by atoms with E-state index >= 15 is 0 Å². The van der Waals surface area contributed by atoms with Crippen molar-refractivity contribution in [3.8, 4) is 0 Å². The van der Waals surface area contributed by atoms with E-state index in [1.165, 1.54) is 0 Å². The molecule has 1 aromatic rings. The Kier molecular flexibility index (Phi) is 5.74. The standard InChI is InChI=1S/C20H28N2O3/c1-14-13-25-19(16-7-4-3-5-8-16)15(2)22(14)18(23)9-6-12-21-20(24)17-10-11-17/h3-5,7-8,14-15,17,19H,6,9-13H2,1-2H3,(H,21,24)/t14-,15-,19-/m0/s1. The monoisotopic (exact) mass is 344 g/mol. The largest absolute Gasteiger partial charge is 0.369 e. The number of nitrogens with zero attached hydrogens (tertiary/aromatic N) is 1. The van der Waals surface area contributed by atoms with E-state index in [0.29, 0.717) is 26.0 Å². The zero-order chi connectivity index (χ0) is 17.8. The van der Waals surface area contributed by atoms with Crippen molar-refractivity contribution in [1.82, 2.24) is 10.2 Å². The highest BCUT2D eigenvalue weighted by Gasteiger charge is 2.36. The zero-order valence-electron chi connectivity index (χ0n) is 15.1. The van der Waals surface area contributed by atoms with Crippen LogP contribution < -0.4 is 5.32 Å². The van der Waals surface area contributed by atoms with Crippen LogP contribution in [-0.2, 0) is 14.3 Å². The van der Waals surface area contributed by atoms with Crippen molar-refractivity contribution in [1.29, 1.82) is 0 Å². The van der Waals surface area contributed by atoms with Crippen LogP contribution in [0.5, 0.6) is 0 Å². The van der Waals surface area contributed by atoms with Gasteiger partial charge in [-0.25, -0.2) is 0 Å². The molecule has 1 heterocycles. The van der Waals surface area contributed by atoms with Crippen LogP contribution in [0.2, 0.25) is 0 Å². The minimum absolute atomic E-state index is 0.000273. The lowest BCUT2D eigenvalue weighted by Crippen LogP contribution is -2.53. The molecule has 2 fully saturated rings. The Morgan fingerprint density at radius 2 is 1.92 bits per heavy atom. The first kappa shape index (κ1) is 17.9. The van der Waals surface area contributed by atoms with Gasteiger partial charge in [-0.3, -0.25) is 9.59 Å². The number of rotatable bonds is 6. The molecule has 1 aliphatic heterocycles. The van der Waals surface area contributed by atoms with Crippen LogP contribution in [0.15, 0.2) is 30.3 Å². The Hall–Kier alpha value is -1.88. The average molecular weight is 344 g/mol. The van der Waals surface area contributed by atoms with Crippen LogP contribution in [-0.4, -0.2) is 41.9 Å². The summed E-state index contributed by atoms with van der Waals surface area (Å²) in [6.45, 7) is 5.22. The Balaban J connectivity index is 1.53. The number of nitrogens with one attached hydrogen (secondary N) is 1. The smallest absolute Gasteiger partial charge is 0.223 e. The molecule has 1 aromatic carbocycles. The third-order valence-electron chi connectivity index (χ3n) is 5.10. The van der Waals surface area contributed by atoms with Crippen molar-refractivity contribution in [2.24, 2.45) is 5.92 Å². The predicted molar refractivity (Wildman–Crippen MR) is 95.9 cm³/mol. The molecule has 1 saturated carbocycles. The third kappa shape index (κ3) is 4.40. The fourth-order valence-electron chi connectivity index (χ4n) is 3.57. The van der Waals surface area contributed by atoms with Gasteiger partial charge in [-0.15, -0.1) is 0 Å². The summed E-state index contributed by atoms with van der Waals surface area (Å²) in [6.07, 6.45) is 3.07. The molecular weight excluding hydrogens is 316 g/mol. The van der Waals surface area contributed by atoms with Crippen molar-refractivity contribution in [3.63, 3.8) is 0 Å².